The molecule has 19 heteroatoms. The van der Waals surface area contributed by atoms with Crippen LogP contribution < -0.4 is 5.32 Å². The van der Waals surface area contributed by atoms with Crippen LogP contribution in [0, 0.1) is 0 Å². The molecule has 0 spiro atoms. The van der Waals surface area contributed by atoms with Gasteiger partial charge in [0.05, 0.1) is 38.6 Å². The van der Waals surface area contributed by atoms with Crippen LogP contribution in [0.25, 0.3) is 0 Å². The molecule has 3 fully saturated rings. The van der Waals surface area contributed by atoms with Crippen molar-refractivity contribution in [3.05, 3.63) is 72.9 Å². The fourth-order valence-corrected chi connectivity index (χ4v) is 10.1. The molecule has 12 N–H and O–H groups in total. The highest BCUT2D eigenvalue weighted by molar-refractivity contribution is 5.76. The molecule has 0 radical (unpaired) electrons. The zero-order valence-corrected chi connectivity index (χ0v) is 49.4. The lowest BCUT2D eigenvalue weighted by Gasteiger charge is -2.48. The number of amides is 1. The van der Waals surface area contributed by atoms with Crippen LogP contribution in [0.5, 0.6) is 0 Å². The molecule has 1 amide bonds. The monoisotopic (exact) mass is 1170 g/mol. The van der Waals surface area contributed by atoms with Gasteiger partial charge in [-0.2, -0.15) is 0 Å². The van der Waals surface area contributed by atoms with Crippen molar-refractivity contribution >= 4 is 5.91 Å². The van der Waals surface area contributed by atoms with Gasteiger partial charge in [-0.1, -0.05) is 183 Å². The van der Waals surface area contributed by atoms with Crippen LogP contribution in [-0.4, -0.2) is 193 Å². The zero-order chi connectivity index (χ0) is 59.7. The Morgan fingerprint density at radius 2 is 0.854 bits per heavy atom. The van der Waals surface area contributed by atoms with E-state index in [4.69, 9.17) is 28.4 Å². The second-order valence-corrected chi connectivity index (χ2v) is 22.1. The van der Waals surface area contributed by atoms with Crippen molar-refractivity contribution in [2.75, 3.05) is 26.4 Å². The molecule has 82 heavy (non-hydrogen) atoms. The summed E-state index contributed by atoms with van der Waals surface area (Å²) in [6.07, 6.45) is 27.3. The van der Waals surface area contributed by atoms with Gasteiger partial charge in [0.1, 0.15) is 73.2 Å². The number of carbonyl (C=O) groups is 1. The second kappa shape index (κ2) is 45.5. The number of carbonyl (C=O) groups excluding carboxylic acids is 1. The quantitative estimate of drug-likeness (QED) is 0.0238. The standard InChI is InChI=1S/C63H109NO18/c1-3-5-7-9-11-13-15-17-19-21-22-23-24-25-27-29-31-33-35-37-39-41-51(69)64-46(47(68)40-38-36-34-32-30-28-26-20-18-16-14-12-10-8-6-4-2)45-77-61-57(75)54(72)59(49(43-66)79-61)82-63-58(76)55(73)60(50(44-67)80-63)81-62-56(74)53(71)52(70)48(42-65)78-62/h5,7,11,13,17,19,22-23,30,32,38,40,46-50,52-63,65-68,70-76H,3-4,6,8-10,12,14-16,18,20-21,24-29,31,33-37,39,41-45H2,1-2H3,(H,64,69)/b7-5-,13-11-,19-17-,23-22-,32-30+,40-38+. The van der Waals surface area contributed by atoms with Gasteiger partial charge in [-0.3, -0.25) is 4.79 Å². The first kappa shape index (κ1) is 73.5. The van der Waals surface area contributed by atoms with Gasteiger partial charge in [-0.25, -0.2) is 0 Å². The Kier molecular flexibility index (Phi) is 40.8. The summed E-state index contributed by atoms with van der Waals surface area (Å²) in [7, 11) is 0. The van der Waals surface area contributed by atoms with Crippen molar-refractivity contribution in [1.82, 2.24) is 5.32 Å². The first-order valence-electron chi connectivity index (χ1n) is 31.2. The van der Waals surface area contributed by atoms with E-state index in [-0.39, 0.29) is 18.9 Å². The van der Waals surface area contributed by atoms with Crippen LogP contribution in [0.15, 0.2) is 72.9 Å². The lowest BCUT2D eigenvalue weighted by Crippen LogP contribution is -2.66. The van der Waals surface area contributed by atoms with Gasteiger partial charge in [0.15, 0.2) is 18.9 Å². The lowest BCUT2D eigenvalue weighted by molar-refractivity contribution is -0.379. The highest BCUT2D eigenvalue weighted by Crippen LogP contribution is 2.33. The molecule has 0 aromatic carbocycles. The minimum Gasteiger partial charge on any atom is -0.394 e. The Hall–Kier alpha value is -2.77. The Labute approximate surface area is 489 Å². The molecule has 0 aromatic rings. The lowest BCUT2D eigenvalue weighted by atomic mass is 9.96. The number of allylic oxidation sites excluding steroid dienone is 11. The summed E-state index contributed by atoms with van der Waals surface area (Å²) in [5.41, 5.74) is 0. The molecule has 17 unspecified atom stereocenters. The molecule has 3 rings (SSSR count). The molecule has 0 aromatic heterocycles. The van der Waals surface area contributed by atoms with Crippen LogP contribution in [0.1, 0.15) is 187 Å². The van der Waals surface area contributed by atoms with E-state index in [0.717, 1.165) is 77.0 Å². The van der Waals surface area contributed by atoms with Crippen molar-refractivity contribution in [3.8, 4) is 0 Å². The van der Waals surface area contributed by atoms with E-state index in [1.54, 1.807) is 6.08 Å². The molecular weight excluding hydrogens is 1060 g/mol. The largest absolute Gasteiger partial charge is 0.394 e. The van der Waals surface area contributed by atoms with Crippen molar-refractivity contribution < 1.29 is 89.4 Å². The van der Waals surface area contributed by atoms with E-state index in [2.05, 4.69) is 79.9 Å². The summed E-state index contributed by atoms with van der Waals surface area (Å²) in [4.78, 5) is 13.3. The fourth-order valence-electron chi connectivity index (χ4n) is 10.1. The van der Waals surface area contributed by atoms with Gasteiger partial charge in [0, 0.05) is 6.42 Å². The third kappa shape index (κ3) is 28.6. The van der Waals surface area contributed by atoms with Crippen LogP contribution in [-0.2, 0) is 33.2 Å². The number of hydrogen-bond donors (Lipinski definition) is 12. The minimum atomic E-state index is -1.98. The van der Waals surface area contributed by atoms with Crippen LogP contribution in [0.3, 0.4) is 0 Å². The van der Waals surface area contributed by atoms with E-state index >= 15 is 0 Å². The maximum absolute atomic E-state index is 13.3. The summed E-state index contributed by atoms with van der Waals surface area (Å²) < 4.78 is 34.2. The first-order valence-corrected chi connectivity index (χ1v) is 31.2. The van der Waals surface area contributed by atoms with Crippen molar-refractivity contribution in [2.45, 2.75) is 291 Å². The highest BCUT2D eigenvalue weighted by Gasteiger charge is 2.53. The van der Waals surface area contributed by atoms with E-state index in [1.807, 2.05) is 6.08 Å². The average molecular weight is 1170 g/mol. The SMILES string of the molecule is CC/C=C\C/C=C\C/C=C\C/C=C\CCCCCCCCCCC(=O)NC(COC1OC(CO)C(OC2OC(CO)C(OC3OC(CO)C(O)C(O)C3O)C(O)C2O)C(O)C1O)C(O)/C=C/CC/C=C/CCCCCCCCCCCC. The van der Waals surface area contributed by atoms with E-state index < -0.39 is 124 Å². The zero-order valence-electron chi connectivity index (χ0n) is 49.4. The number of aliphatic hydroxyl groups is 11. The number of hydrogen-bond acceptors (Lipinski definition) is 18. The number of nitrogens with one attached hydrogen (secondary N) is 1. The van der Waals surface area contributed by atoms with Crippen LogP contribution >= 0.6 is 0 Å². The first-order chi connectivity index (χ1) is 39.8. The molecule has 474 valence electrons. The molecule has 19 nitrogen and oxygen atoms in total. The Balaban J connectivity index is 1.50. The van der Waals surface area contributed by atoms with Gasteiger partial charge < -0.3 is 89.9 Å². The maximum atomic E-state index is 13.3. The van der Waals surface area contributed by atoms with Crippen molar-refractivity contribution in [3.63, 3.8) is 0 Å². The number of unbranched alkanes of at least 4 members (excludes halogenated alkanes) is 19. The number of ether oxygens (including phenoxy) is 6. The van der Waals surface area contributed by atoms with Gasteiger partial charge in [0.2, 0.25) is 5.91 Å². The highest BCUT2D eigenvalue weighted by atomic mass is 16.8. The molecular formula is C63H109NO18. The smallest absolute Gasteiger partial charge is 0.220 e. The average Bonchev–Trinajstić information content (AvgIpc) is 3.40. The molecule has 3 saturated heterocycles. The van der Waals surface area contributed by atoms with Crippen molar-refractivity contribution in [2.24, 2.45) is 0 Å². The number of aliphatic hydroxyl groups excluding tert-OH is 11. The van der Waals surface area contributed by atoms with Gasteiger partial charge in [-0.15, -0.1) is 0 Å². The van der Waals surface area contributed by atoms with Crippen molar-refractivity contribution in [1.29, 1.82) is 0 Å². The Bertz CT molecular complexity index is 1780. The predicted molar refractivity (Wildman–Crippen MR) is 314 cm³/mol. The molecule has 3 aliphatic rings. The summed E-state index contributed by atoms with van der Waals surface area (Å²) in [5, 5.41) is 120. The maximum Gasteiger partial charge on any atom is 0.220 e. The summed E-state index contributed by atoms with van der Waals surface area (Å²) in [5.74, 6) is -0.297. The van der Waals surface area contributed by atoms with E-state index in [0.29, 0.717) is 12.8 Å². The third-order valence-corrected chi connectivity index (χ3v) is 15.2. The van der Waals surface area contributed by atoms with Gasteiger partial charge in [0.25, 0.3) is 0 Å². The molecule has 0 aliphatic carbocycles. The molecule has 3 aliphatic heterocycles. The summed E-state index contributed by atoms with van der Waals surface area (Å²) in [6, 6.07) is -0.998. The topological polar surface area (TPSA) is 307 Å². The predicted octanol–water partition coefficient (Wildman–Crippen LogP) is 6.21. The Morgan fingerprint density at radius 1 is 0.451 bits per heavy atom. The molecule has 0 bridgehead atoms. The number of rotatable bonds is 45. The van der Waals surface area contributed by atoms with Gasteiger partial charge >= 0.3 is 0 Å². The molecule has 17 atom stereocenters. The van der Waals surface area contributed by atoms with E-state index in [1.165, 1.54) is 77.0 Å². The summed E-state index contributed by atoms with van der Waals surface area (Å²) in [6.45, 7) is 1.57. The minimum absolute atomic E-state index is 0.222. The summed E-state index contributed by atoms with van der Waals surface area (Å²) >= 11 is 0. The Morgan fingerprint density at radius 3 is 1.37 bits per heavy atom. The van der Waals surface area contributed by atoms with Gasteiger partial charge in [-0.05, 0) is 70.6 Å². The fraction of sp³-hybridized carbons (Fsp3) is 0.794. The normalized spacial score (nSPS) is 30.1. The molecule has 0 saturated carbocycles. The molecule has 3 heterocycles. The van der Waals surface area contributed by atoms with Crippen LogP contribution in [0.4, 0.5) is 0 Å². The van der Waals surface area contributed by atoms with E-state index in [9.17, 15) is 61.0 Å². The third-order valence-electron chi connectivity index (χ3n) is 15.2. The van der Waals surface area contributed by atoms with Crippen LogP contribution in [0.2, 0.25) is 0 Å². The second-order valence-electron chi connectivity index (χ2n) is 22.1.